The molecular formula is C19H25N3O. The van der Waals surface area contributed by atoms with Crippen molar-refractivity contribution in [2.75, 3.05) is 6.54 Å². The molecule has 23 heavy (non-hydrogen) atoms. The van der Waals surface area contributed by atoms with Crippen LogP contribution < -0.4 is 10.6 Å². The molecule has 4 nitrogen and oxygen atoms in total. The second-order valence-electron chi connectivity index (χ2n) is 7.43. The maximum atomic E-state index is 12.6. The summed E-state index contributed by atoms with van der Waals surface area (Å²) in [5.41, 5.74) is 4.75. The Morgan fingerprint density at radius 2 is 1.87 bits per heavy atom. The normalized spacial score (nSPS) is 23.1. The Bertz CT molecular complexity index is 696. The highest BCUT2D eigenvalue weighted by molar-refractivity contribution is 6.48. The summed E-state index contributed by atoms with van der Waals surface area (Å²) in [5.74, 6) is 0.241. The van der Waals surface area contributed by atoms with Gasteiger partial charge in [0, 0.05) is 17.8 Å². The predicted molar refractivity (Wildman–Crippen MR) is 93.4 cm³/mol. The average Bonchev–Trinajstić information content (AvgIpc) is 2.69. The van der Waals surface area contributed by atoms with Crippen LogP contribution in [0.3, 0.4) is 0 Å². The van der Waals surface area contributed by atoms with Crippen LogP contribution in [0.5, 0.6) is 0 Å². The lowest BCUT2D eigenvalue weighted by Gasteiger charge is -2.23. The third kappa shape index (κ3) is 2.90. The van der Waals surface area contributed by atoms with E-state index in [0.717, 1.165) is 23.4 Å². The minimum absolute atomic E-state index is 0.0690. The first-order valence-electron chi connectivity index (χ1n) is 8.24. The van der Waals surface area contributed by atoms with Gasteiger partial charge < -0.3 is 10.6 Å². The summed E-state index contributed by atoms with van der Waals surface area (Å²) in [6.45, 7) is 11.2. The quantitative estimate of drug-likeness (QED) is 0.882. The Morgan fingerprint density at radius 1 is 1.22 bits per heavy atom. The van der Waals surface area contributed by atoms with Crippen LogP contribution >= 0.6 is 0 Å². The van der Waals surface area contributed by atoms with E-state index in [1.807, 2.05) is 0 Å². The smallest absolute Gasteiger partial charge is 0.270 e. The monoisotopic (exact) mass is 311 g/mol. The number of benzene rings is 1. The topological polar surface area (TPSA) is 53.5 Å². The maximum Gasteiger partial charge on any atom is 0.270 e. The molecule has 1 amide bonds. The first-order valence-corrected chi connectivity index (χ1v) is 8.24. The van der Waals surface area contributed by atoms with Crippen molar-refractivity contribution in [3.8, 4) is 0 Å². The molecule has 0 aliphatic carbocycles. The van der Waals surface area contributed by atoms with E-state index in [0.29, 0.717) is 11.6 Å². The van der Waals surface area contributed by atoms with Crippen molar-refractivity contribution in [1.82, 2.24) is 10.6 Å². The Labute approximate surface area is 138 Å². The van der Waals surface area contributed by atoms with Gasteiger partial charge >= 0.3 is 0 Å². The van der Waals surface area contributed by atoms with Crippen molar-refractivity contribution < 1.29 is 4.79 Å². The van der Waals surface area contributed by atoms with E-state index >= 15 is 0 Å². The van der Waals surface area contributed by atoms with Crippen LogP contribution in [0.15, 0.2) is 40.5 Å². The van der Waals surface area contributed by atoms with Gasteiger partial charge in [-0.05, 0) is 32.3 Å². The number of amides is 1. The van der Waals surface area contributed by atoms with Crippen LogP contribution in [0, 0.1) is 12.8 Å². The molecule has 1 unspecified atom stereocenters. The van der Waals surface area contributed by atoms with Gasteiger partial charge in [0.1, 0.15) is 5.71 Å². The number of carbonyl (C=O) groups is 1. The molecule has 2 aliphatic rings. The van der Waals surface area contributed by atoms with Gasteiger partial charge in [-0.15, -0.1) is 0 Å². The number of fused-ring (bicyclic) bond motifs is 1. The molecule has 0 radical (unpaired) electrons. The largest absolute Gasteiger partial charge is 0.385 e. The molecule has 2 heterocycles. The van der Waals surface area contributed by atoms with Crippen LogP contribution in [0.4, 0.5) is 0 Å². The number of nitrogens with one attached hydrogen (secondary N) is 2. The van der Waals surface area contributed by atoms with Gasteiger partial charge in [0.15, 0.2) is 0 Å². The third-order valence-corrected chi connectivity index (χ3v) is 4.44. The zero-order chi connectivity index (χ0) is 16.8. The van der Waals surface area contributed by atoms with Crippen LogP contribution in [0.1, 0.15) is 44.9 Å². The van der Waals surface area contributed by atoms with Gasteiger partial charge in [-0.2, -0.15) is 0 Å². The van der Waals surface area contributed by atoms with Crippen molar-refractivity contribution in [2.45, 2.75) is 46.2 Å². The summed E-state index contributed by atoms with van der Waals surface area (Å²) in [4.78, 5) is 17.3. The molecular weight excluding hydrogens is 286 g/mol. The Hall–Kier alpha value is -2.10. The number of aryl methyl sites for hydroxylation is 1. The maximum absolute atomic E-state index is 12.6. The van der Waals surface area contributed by atoms with Gasteiger partial charge in [0.05, 0.1) is 11.6 Å². The van der Waals surface area contributed by atoms with E-state index < -0.39 is 0 Å². The molecule has 1 aromatic rings. The summed E-state index contributed by atoms with van der Waals surface area (Å²) in [6, 6.07) is 8.22. The summed E-state index contributed by atoms with van der Waals surface area (Å²) >= 11 is 0. The number of hydrogen-bond donors (Lipinski definition) is 2. The minimum Gasteiger partial charge on any atom is -0.385 e. The Kier molecular flexibility index (Phi) is 3.78. The van der Waals surface area contributed by atoms with Gasteiger partial charge in [-0.1, -0.05) is 43.7 Å². The fourth-order valence-electron chi connectivity index (χ4n) is 3.20. The lowest BCUT2D eigenvalue weighted by molar-refractivity contribution is -0.114. The molecule has 1 atom stereocenters. The number of hydrogen-bond acceptors (Lipinski definition) is 3. The molecule has 1 saturated heterocycles. The SMILES string of the molecule is Cc1ccc(C2NC(=O)C3=NC(C)(C)CNC(C(C)C)=C32)cc1. The number of rotatable bonds is 2. The van der Waals surface area contributed by atoms with Crippen molar-refractivity contribution >= 4 is 11.6 Å². The van der Waals surface area contributed by atoms with E-state index in [4.69, 9.17) is 4.99 Å². The van der Waals surface area contributed by atoms with E-state index in [1.165, 1.54) is 5.56 Å². The number of carbonyl (C=O) groups excluding carboxylic acids is 1. The number of aliphatic imine (C=N–C) groups is 1. The summed E-state index contributed by atoms with van der Waals surface area (Å²) < 4.78 is 0. The van der Waals surface area contributed by atoms with Crippen molar-refractivity contribution in [3.05, 3.63) is 46.7 Å². The summed E-state index contributed by atoms with van der Waals surface area (Å²) in [7, 11) is 0. The molecule has 2 N–H and O–H groups in total. The lowest BCUT2D eigenvalue weighted by Crippen LogP contribution is -2.34. The molecule has 4 heteroatoms. The van der Waals surface area contributed by atoms with Crippen LogP contribution in [0.2, 0.25) is 0 Å². The third-order valence-electron chi connectivity index (χ3n) is 4.44. The first kappa shape index (κ1) is 15.8. The highest BCUT2D eigenvalue weighted by Crippen LogP contribution is 2.35. The van der Waals surface area contributed by atoms with Crippen molar-refractivity contribution in [1.29, 1.82) is 0 Å². The highest BCUT2D eigenvalue weighted by Gasteiger charge is 2.40. The van der Waals surface area contributed by atoms with Crippen LogP contribution in [-0.2, 0) is 4.79 Å². The molecule has 0 aromatic heterocycles. The molecule has 0 bridgehead atoms. The van der Waals surface area contributed by atoms with Gasteiger partial charge in [-0.3, -0.25) is 9.79 Å². The predicted octanol–water partition coefficient (Wildman–Crippen LogP) is 2.90. The Morgan fingerprint density at radius 3 is 2.48 bits per heavy atom. The van der Waals surface area contributed by atoms with Gasteiger partial charge in [-0.25, -0.2) is 0 Å². The number of nitrogens with zero attached hydrogens (tertiary/aromatic N) is 1. The molecule has 2 aliphatic heterocycles. The van der Waals surface area contributed by atoms with E-state index in [9.17, 15) is 4.79 Å². The van der Waals surface area contributed by atoms with Gasteiger partial charge in [0.25, 0.3) is 5.91 Å². The molecule has 0 spiro atoms. The van der Waals surface area contributed by atoms with Gasteiger partial charge in [0.2, 0.25) is 0 Å². The fraction of sp³-hybridized carbons (Fsp3) is 0.474. The van der Waals surface area contributed by atoms with Crippen molar-refractivity contribution in [3.63, 3.8) is 0 Å². The zero-order valence-corrected chi connectivity index (χ0v) is 14.5. The molecule has 0 saturated carbocycles. The summed E-state index contributed by atoms with van der Waals surface area (Å²) in [6.07, 6.45) is 0. The standard InChI is InChI=1S/C19H25N3O/c1-11(2)15-14-16(13-8-6-12(3)7-9-13)21-18(23)17(14)22-19(4,5)10-20-15/h6-9,11,16,20H,10H2,1-5H3,(H,21,23). The first-order chi connectivity index (χ1) is 10.8. The molecule has 1 aromatic carbocycles. The number of allylic oxidation sites excluding steroid dienone is 1. The second kappa shape index (κ2) is 5.52. The van der Waals surface area contributed by atoms with Crippen molar-refractivity contribution in [2.24, 2.45) is 10.9 Å². The van der Waals surface area contributed by atoms with Crippen LogP contribution in [-0.4, -0.2) is 23.7 Å². The van der Waals surface area contributed by atoms with E-state index in [1.54, 1.807) is 0 Å². The highest BCUT2D eigenvalue weighted by atomic mass is 16.2. The Balaban J connectivity index is 2.16. The van der Waals surface area contributed by atoms with E-state index in [2.05, 4.69) is 69.5 Å². The van der Waals surface area contributed by atoms with Crippen LogP contribution in [0.25, 0.3) is 0 Å². The molecule has 3 rings (SSSR count). The summed E-state index contributed by atoms with van der Waals surface area (Å²) in [5, 5.41) is 6.66. The van der Waals surface area contributed by atoms with E-state index in [-0.39, 0.29) is 17.5 Å². The average molecular weight is 311 g/mol. The molecule has 1 fully saturated rings. The fourth-order valence-corrected chi connectivity index (χ4v) is 3.20. The molecule has 122 valence electrons. The second-order valence-corrected chi connectivity index (χ2v) is 7.43. The minimum atomic E-state index is -0.295. The lowest BCUT2D eigenvalue weighted by atomic mass is 9.93. The zero-order valence-electron chi connectivity index (χ0n) is 14.5.